The maximum Gasteiger partial charge on any atom is 0.274 e. The minimum absolute atomic E-state index is 0.210. The molecular formula is C22H23F2N3O3S. The van der Waals surface area contributed by atoms with Crippen LogP contribution in [0.25, 0.3) is 22.0 Å². The molecule has 1 aliphatic carbocycles. The number of hydrogen-bond donors (Lipinski definition) is 2. The third-order valence-electron chi connectivity index (χ3n) is 5.70. The highest BCUT2D eigenvalue weighted by Crippen LogP contribution is 2.38. The zero-order valence-electron chi connectivity index (χ0n) is 16.8. The van der Waals surface area contributed by atoms with Gasteiger partial charge in [-0.15, -0.1) is 0 Å². The molecule has 2 N–H and O–H groups in total. The van der Waals surface area contributed by atoms with Gasteiger partial charge in [0.25, 0.3) is 5.56 Å². The van der Waals surface area contributed by atoms with Gasteiger partial charge in [0, 0.05) is 30.3 Å². The third kappa shape index (κ3) is 4.89. The molecule has 0 radical (unpaired) electrons. The maximum atomic E-state index is 13.6. The van der Waals surface area contributed by atoms with Crippen molar-refractivity contribution in [2.24, 2.45) is 0 Å². The van der Waals surface area contributed by atoms with Crippen molar-refractivity contribution in [2.75, 3.05) is 6.54 Å². The summed E-state index contributed by atoms with van der Waals surface area (Å²) in [6.07, 6.45) is 0.462. The summed E-state index contributed by atoms with van der Waals surface area (Å²) in [7, 11) is 0. The highest BCUT2D eigenvalue weighted by atomic mass is 32.2. The normalized spacial score (nSPS) is 17.6. The lowest BCUT2D eigenvalue weighted by Gasteiger charge is -2.29. The summed E-state index contributed by atoms with van der Waals surface area (Å²) in [6, 6.07) is 14.4. The van der Waals surface area contributed by atoms with E-state index in [1.807, 2.05) is 36.4 Å². The van der Waals surface area contributed by atoms with E-state index in [4.69, 9.17) is 4.55 Å². The fraction of sp³-hybridized carbons (Fsp3) is 0.364. The first-order valence-corrected chi connectivity index (χ1v) is 11.3. The number of hydrogen-bond acceptors (Lipinski definition) is 3. The fourth-order valence-corrected chi connectivity index (χ4v) is 4.37. The molecule has 0 saturated heterocycles. The smallest absolute Gasteiger partial charge is 0.274 e. The predicted octanol–water partition coefficient (Wildman–Crippen LogP) is 4.08. The first-order chi connectivity index (χ1) is 14.8. The molecule has 9 heteroatoms. The Balaban J connectivity index is 1.75. The van der Waals surface area contributed by atoms with E-state index in [1.54, 1.807) is 12.1 Å². The Morgan fingerprint density at radius 2 is 1.84 bits per heavy atom. The Bertz CT molecular complexity index is 1170. The molecule has 3 aromatic rings. The first kappa shape index (κ1) is 21.7. The summed E-state index contributed by atoms with van der Waals surface area (Å²) >= 11 is -2.07. The lowest BCUT2D eigenvalue weighted by Crippen LogP contribution is -2.33. The second-order valence-corrected chi connectivity index (χ2v) is 8.61. The second-order valence-electron chi connectivity index (χ2n) is 7.82. The molecule has 0 amide bonds. The minimum Gasteiger partial charge on any atom is -0.294 e. The van der Waals surface area contributed by atoms with Crippen LogP contribution >= 0.6 is 0 Å². The van der Waals surface area contributed by atoms with Crippen LogP contribution in [0.4, 0.5) is 8.78 Å². The van der Waals surface area contributed by atoms with Crippen LogP contribution in [0.2, 0.25) is 0 Å². The molecule has 1 atom stereocenters. The van der Waals surface area contributed by atoms with Gasteiger partial charge in [0.2, 0.25) is 17.2 Å². The molecule has 1 unspecified atom stereocenters. The van der Waals surface area contributed by atoms with Gasteiger partial charge in [-0.3, -0.25) is 9.35 Å². The summed E-state index contributed by atoms with van der Waals surface area (Å²) in [4.78, 5) is 13.1. The minimum atomic E-state index is -2.68. The summed E-state index contributed by atoms with van der Waals surface area (Å²) in [5.74, 6) is -2.68. The van der Waals surface area contributed by atoms with Crippen LogP contribution in [0, 0.1) is 0 Å². The van der Waals surface area contributed by atoms with Crippen molar-refractivity contribution in [2.45, 2.75) is 44.1 Å². The Labute approximate surface area is 180 Å². The maximum absolute atomic E-state index is 13.6. The molecule has 31 heavy (non-hydrogen) atoms. The third-order valence-corrected chi connectivity index (χ3v) is 6.15. The number of aromatic nitrogens is 2. The number of halogens is 2. The van der Waals surface area contributed by atoms with Gasteiger partial charge in [0.15, 0.2) is 0 Å². The molecule has 1 saturated carbocycles. The van der Waals surface area contributed by atoms with Gasteiger partial charge < -0.3 is 0 Å². The lowest BCUT2D eigenvalue weighted by atomic mass is 9.92. The van der Waals surface area contributed by atoms with Crippen LogP contribution in [-0.4, -0.2) is 31.0 Å². The Morgan fingerprint density at radius 1 is 1.13 bits per heavy atom. The Morgan fingerprint density at radius 3 is 2.55 bits per heavy atom. The van der Waals surface area contributed by atoms with Crippen LogP contribution in [0.15, 0.2) is 53.3 Å². The van der Waals surface area contributed by atoms with Gasteiger partial charge in [-0.05, 0) is 37.0 Å². The van der Waals surface area contributed by atoms with Crippen molar-refractivity contribution < 1.29 is 17.5 Å². The number of nitrogens with zero attached hydrogens (tertiary/aromatic N) is 2. The van der Waals surface area contributed by atoms with Crippen LogP contribution in [0.5, 0.6) is 0 Å². The molecule has 164 valence electrons. The molecular weight excluding hydrogens is 424 g/mol. The van der Waals surface area contributed by atoms with Crippen molar-refractivity contribution in [1.29, 1.82) is 0 Å². The van der Waals surface area contributed by atoms with E-state index in [0.717, 1.165) is 11.1 Å². The van der Waals surface area contributed by atoms with E-state index < -0.39 is 17.2 Å². The van der Waals surface area contributed by atoms with Crippen molar-refractivity contribution in [3.8, 4) is 11.3 Å². The van der Waals surface area contributed by atoms with Gasteiger partial charge >= 0.3 is 0 Å². The quantitative estimate of drug-likeness (QED) is 0.558. The summed E-state index contributed by atoms with van der Waals surface area (Å²) in [6.45, 7) is 0.330. The lowest BCUT2D eigenvalue weighted by molar-refractivity contribution is -0.0453. The molecule has 1 heterocycles. The van der Waals surface area contributed by atoms with Gasteiger partial charge in [0.05, 0.1) is 17.1 Å². The van der Waals surface area contributed by atoms with E-state index in [0.29, 0.717) is 29.4 Å². The average molecular weight is 448 g/mol. The standard InChI is InChI=1S/C22H23F2N3O3S/c23-22(24)11-8-17(9-12-22)27-21(28)19-7-2-1-6-18(19)20(26-27)16-5-3-4-15(14-16)10-13-25-31(29)30/h1-7,14,17,25H,8-13H2,(H,29,30). The van der Waals surface area contributed by atoms with Crippen molar-refractivity contribution in [3.05, 3.63) is 64.4 Å². The zero-order valence-corrected chi connectivity index (χ0v) is 17.6. The van der Waals surface area contributed by atoms with Gasteiger partial charge in [-0.1, -0.05) is 36.4 Å². The van der Waals surface area contributed by atoms with E-state index in [9.17, 15) is 17.8 Å². The Kier molecular flexibility index (Phi) is 6.27. The topological polar surface area (TPSA) is 84.2 Å². The highest BCUT2D eigenvalue weighted by molar-refractivity contribution is 7.77. The van der Waals surface area contributed by atoms with Gasteiger partial charge in [0.1, 0.15) is 0 Å². The average Bonchev–Trinajstić information content (AvgIpc) is 2.75. The summed E-state index contributed by atoms with van der Waals surface area (Å²) in [5, 5.41) is 5.86. The predicted molar refractivity (Wildman–Crippen MR) is 116 cm³/mol. The number of fused-ring (bicyclic) bond motifs is 1. The first-order valence-electron chi connectivity index (χ1n) is 10.2. The number of alkyl halides is 2. The van der Waals surface area contributed by atoms with Gasteiger partial charge in [-0.2, -0.15) is 5.10 Å². The van der Waals surface area contributed by atoms with E-state index in [-0.39, 0.29) is 37.3 Å². The molecule has 1 aromatic heterocycles. The summed E-state index contributed by atoms with van der Waals surface area (Å²) in [5.41, 5.74) is 2.10. The number of rotatable bonds is 6. The monoisotopic (exact) mass is 447 g/mol. The largest absolute Gasteiger partial charge is 0.294 e. The molecule has 6 nitrogen and oxygen atoms in total. The second kappa shape index (κ2) is 8.94. The SMILES string of the molecule is O=c1c2ccccc2c(-c2cccc(CCNS(=O)O)c2)nn1C1CCC(F)(F)CC1. The molecule has 0 bridgehead atoms. The van der Waals surface area contributed by atoms with Crippen LogP contribution in [-0.2, 0) is 17.7 Å². The van der Waals surface area contributed by atoms with Crippen molar-refractivity contribution in [1.82, 2.24) is 14.5 Å². The molecule has 1 aliphatic rings. The van der Waals surface area contributed by atoms with Crippen LogP contribution < -0.4 is 10.3 Å². The molecule has 4 rings (SSSR count). The van der Waals surface area contributed by atoms with Crippen molar-refractivity contribution >= 4 is 22.0 Å². The molecule has 0 aliphatic heterocycles. The van der Waals surface area contributed by atoms with E-state index in [1.165, 1.54) is 4.68 Å². The van der Waals surface area contributed by atoms with E-state index in [2.05, 4.69) is 9.82 Å². The fourth-order valence-electron chi connectivity index (χ4n) is 4.09. The van der Waals surface area contributed by atoms with Crippen molar-refractivity contribution in [3.63, 3.8) is 0 Å². The highest BCUT2D eigenvalue weighted by Gasteiger charge is 2.36. The van der Waals surface area contributed by atoms with E-state index >= 15 is 0 Å². The molecule has 2 aromatic carbocycles. The summed E-state index contributed by atoms with van der Waals surface area (Å²) < 4.78 is 50.8. The molecule has 1 fully saturated rings. The number of benzene rings is 2. The number of nitrogens with one attached hydrogen (secondary N) is 1. The zero-order chi connectivity index (χ0) is 22.0. The molecule has 0 spiro atoms. The van der Waals surface area contributed by atoms with Gasteiger partial charge in [-0.25, -0.2) is 22.4 Å². The Hall–Kier alpha value is -2.49. The van der Waals surface area contributed by atoms with Crippen LogP contribution in [0.1, 0.15) is 37.3 Å². The van der Waals surface area contributed by atoms with Crippen LogP contribution in [0.3, 0.4) is 0 Å².